The molecule has 0 saturated carbocycles. The average Bonchev–Trinajstić information content (AvgIpc) is 2.79. The summed E-state index contributed by atoms with van der Waals surface area (Å²) in [6.45, 7) is 3.99. The molecule has 8 heteroatoms. The highest BCUT2D eigenvalue weighted by atomic mass is 16.6. The third kappa shape index (κ3) is 8.12. The van der Waals surface area contributed by atoms with Crippen LogP contribution in [0.5, 0.6) is 0 Å². The number of carbonyl (C=O) groups excluding carboxylic acids is 2. The Hall–Kier alpha value is -2.19. The van der Waals surface area contributed by atoms with E-state index in [0.717, 1.165) is 18.4 Å². The summed E-state index contributed by atoms with van der Waals surface area (Å²) in [4.78, 5) is 32.1. The van der Waals surface area contributed by atoms with E-state index in [1.165, 1.54) is 6.08 Å². The molecule has 0 aromatic heterocycles. The molecule has 0 saturated heterocycles. The van der Waals surface area contributed by atoms with Crippen molar-refractivity contribution in [3.05, 3.63) is 23.0 Å². The first kappa shape index (κ1) is 20.8. The zero-order valence-electron chi connectivity index (χ0n) is 13.4. The number of hydrogen-bond donors (Lipinski definition) is 4. The first-order valence-corrected chi connectivity index (χ1v) is 7.17. The number of aliphatic carboxylic acids is 1. The van der Waals surface area contributed by atoms with Crippen LogP contribution in [0.15, 0.2) is 23.0 Å². The fourth-order valence-electron chi connectivity index (χ4n) is 1.57. The van der Waals surface area contributed by atoms with Crippen molar-refractivity contribution in [2.45, 2.75) is 39.2 Å². The fraction of sp³-hybridized carbons (Fsp3) is 0.533. The molecule has 0 fully saturated rings. The fourth-order valence-corrected chi connectivity index (χ4v) is 1.57. The predicted molar refractivity (Wildman–Crippen MR) is 83.6 cm³/mol. The maximum atomic E-state index is 11.3. The molecule has 6 N–H and O–H groups in total. The summed E-state index contributed by atoms with van der Waals surface area (Å²) >= 11 is 0. The monoisotopic (exact) mass is 328 g/mol. The molecule has 1 aliphatic heterocycles. The second-order valence-corrected chi connectivity index (χ2v) is 5.22. The van der Waals surface area contributed by atoms with Crippen molar-refractivity contribution in [1.29, 1.82) is 0 Å². The largest absolute Gasteiger partial charge is 0.501 e. The number of ether oxygens (including phenoxy) is 1. The number of allylic oxidation sites excluding steroid dienone is 2. The van der Waals surface area contributed by atoms with Crippen LogP contribution in [0.4, 0.5) is 0 Å². The Kier molecular flexibility index (Phi) is 9.52. The molecule has 1 atom stereocenters. The van der Waals surface area contributed by atoms with E-state index in [0.29, 0.717) is 13.0 Å². The van der Waals surface area contributed by atoms with Crippen molar-refractivity contribution in [3.8, 4) is 0 Å². The van der Waals surface area contributed by atoms with Crippen LogP contribution in [-0.2, 0) is 19.1 Å². The predicted octanol–water partition coefficient (Wildman–Crippen LogP) is 0.418. The molecule has 0 bridgehead atoms. The Morgan fingerprint density at radius 2 is 1.96 bits per heavy atom. The van der Waals surface area contributed by atoms with Gasteiger partial charge in [-0.25, -0.2) is 4.79 Å². The zero-order valence-corrected chi connectivity index (χ0v) is 13.4. The van der Waals surface area contributed by atoms with Gasteiger partial charge in [0.25, 0.3) is 0 Å². The van der Waals surface area contributed by atoms with E-state index in [-0.39, 0.29) is 18.0 Å². The van der Waals surface area contributed by atoms with Crippen LogP contribution < -0.4 is 11.5 Å². The highest BCUT2D eigenvalue weighted by Gasteiger charge is 2.27. The van der Waals surface area contributed by atoms with E-state index >= 15 is 0 Å². The average molecular weight is 328 g/mol. The van der Waals surface area contributed by atoms with Gasteiger partial charge in [0.05, 0.1) is 5.57 Å². The second kappa shape index (κ2) is 10.5. The molecule has 1 rings (SSSR count). The number of nitrogens with two attached hydrogens (primary N) is 2. The van der Waals surface area contributed by atoms with Crippen LogP contribution in [0.25, 0.3) is 0 Å². The summed E-state index contributed by atoms with van der Waals surface area (Å²) in [5.74, 6) is -2.70. The van der Waals surface area contributed by atoms with Crippen molar-refractivity contribution >= 4 is 17.7 Å². The lowest BCUT2D eigenvalue weighted by Crippen LogP contribution is -2.29. The maximum Gasteiger partial charge on any atom is 0.374 e. The van der Waals surface area contributed by atoms with Gasteiger partial charge in [0.1, 0.15) is 12.6 Å². The lowest BCUT2D eigenvalue weighted by Gasteiger charge is -2.03. The minimum absolute atomic E-state index is 0.0335. The Morgan fingerprint density at radius 3 is 2.35 bits per heavy atom. The van der Waals surface area contributed by atoms with E-state index in [9.17, 15) is 14.4 Å². The normalized spacial score (nSPS) is 14.5. The van der Waals surface area contributed by atoms with Gasteiger partial charge in [-0.1, -0.05) is 12.0 Å². The molecule has 1 heterocycles. The van der Waals surface area contributed by atoms with E-state index in [4.69, 9.17) is 21.7 Å². The van der Waals surface area contributed by atoms with Gasteiger partial charge in [-0.2, -0.15) is 0 Å². The highest BCUT2D eigenvalue weighted by molar-refractivity contribution is 6.10. The number of carbonyl (C=O) groups is 3. The Labute approximate surface area is 134 Å². The van der Waals surface area contributed by atoms with Gasteiger partial charge in [-0.05, 0) is 39.3 Å². The van der Waals surface area contributed by atoms with Crippen LogP contribution >= 0.6 is 0 Å². The van der Waals surface area contributed by atoms with Crippen LogP contribution in [0.1, 0.15) is 33.1 Å². The van der Waals surface area contributed by atoms with Crippen molar-refractivity contribution in [2.24, 2.45) is 11.5 Å². The van der Waals surface area contributed by atoms with Gasteiger partial charge in [-0.15, -0.1) is 0 Å². The molecule has 0 spiro atoms. The molecule has 0 aliphatic carbocycles. The molecule has 0 radical (unpaired) electrons. The van der Waals surface area contributed by atoms with E-state index in [2.05, 4.69) is 4.74 Å². The molecule has 1 unspecified atom stereocenters. The summed E-state index contributed by atoms with van der Waals surface area (Å²) in [6, 6.07) is -0.716. The maximum absolute atomic E-state index is 11.3. The lowest BCUT2D eigenvalue weighted by molar-refractivity contribution is -0.139. The summed E-state index contributed by atoms with van der Waals surface area (Å²) in [5, 5.41) is 17.4. The first-order valence-electron chi connectivity index (χ1n) is 7.17. The standard InChI is InChI=1S/C9H10O4.C6H14N2O2/c1-5(2)3-7(10)6-4-13-9(12)8(6)11;7-4-2-1-3-5(8)6(9)10/h3,11H,4H2,1-2H3;5H,1-4,7-8H2,(H,9,10). The van der Waals surface area contributed by atoms with Gasteiger partial charge in [0.2, 0.25) is 5.76 Å². The van der Waals surface area contributed by atoms with Crippen molar-refractivity contribution in [1.82, 2.24) is 0 Å². The number of cyclic esters (lactones) is 1. The number of ketones is 1. The third-order valence-electron chi connectivity index (χ3n) is 2.83. The smallest absolute Gasteiger partial charge is 0.374 e. The number of aliphatic hydroxyl groups is 1. The summed E-state index contributed by atoms with van der Waals surface area (Å²) in [7, 11) is 0. The van der Waals surface area contributed by atoms with E-state index in [1.54, 1.807) is 13.8 Å². The van der Waals surface area contributed by atoms with Gasteiger partial charge >= 0.3 is 11.9 Å². The number of carboxylic acid groups (broad SMARTS) is 1. The van der Waals surface area contributed by atoms with Gasteiger partial charge in [0, 0.05) is 0 Å². The number of unbranched alkanes of at least 4 members (excludes halogenated alkanes) is 1. The summed E-state index contributed by atoms with van der Waals surface area (Å²) < 4.78 is 4.47. The molecule has 130 valence electrons. The SMILES string of the molecule is CC(C)=CC(=O)C1=C(O)C(=O)OC1.NCCCCC(N)C(=O)O. The van der Waals surface area contributed by atoms with Gasteiger partial charge in [-0.3, -0.25) is 9.59 Å². The molecule has 8 nitrogen and oxygen atoms in total. The van der Waals surface area contributed by atoms with E-state index in [1.807, 2.05) is 0 Å². The van der Waals surface area contributed by atoms with E-state index < -0.39 is 23.7 Å². The van der Waals surface area contributed by atoms with Crippen LogP contribution in [0.2, 0.25) is 0 Å². The van der Waals surface area contributed by atoms with Gasteiger partial charge in [0.15, 0.2) is 5.78 Å². The molecule has 0 aromatic rings. The Balaban J connectivity index is 0.000000438. The quantitative estimate of drug-likeness (QED) is 0.298. The zero-order chi connectivity index (χ0) is 18.0. The molecule has 0 aromatic carbocycles. The Bertz CT molecular complexity index is 506. The molecule has 1 aliphatic rings. The number of aliphatic hydroxyl groups excluding tert-OH is 1. The Morgan fingerprint density at radius 1 is 1.35 bits per heavy atom. The minimum atomic E-state index is -0.933. The van der Waals surface area contributed by atoms with Crippen LogP contribution in [0, 0.1) is 0 Å². The van der Waals surface area contributed by atoms with Crippen molar-refractivity contribution in [2.75, 3.05) is 13.2 Å². The summed E-state index contributed by atoms with van der Waals surface area (Å²) in [6.07, 6.45) is 3.52. The van der Waals surface area contributed by atoms with Crippen molar-refractivity contribution < 1.29 is 29.3 Å². The van der Waals surface area contributed by atoms with Crippen LogP contribution in [0.3, 0.4) is 0 Å². The van der Waals surface area contributed by atoms with Crippen molar-refractivity contribution in [3.63, 3.8) is 0 Å². The summed E-state index contributed by atoms with van der Waals surface area (Å²) in [5.41, 5.74) is 11.3. The topological polar surface area (TPSA) is 153 Å². The number of hydrogen-bond acceptors (Lipinski definition) is 7. The van der Waals surface area contributed by atoms with Gasteiger partial charge < -0.3 is 26.4 Å². The first-order chi connectivity index (χ1) is 10.7. The number of rotatable bonds is 7. The lowest BCUT2D eigenvalue weighted by atomic mass is 10.1. The highest BCUT2D eigenvalue weighted by Crippen LogP contribution is 2.15. The molecule has 23 heavy (non-hydrogen) atoms. The molecule has 0 amide bonds. The second-order valence-electron chi connectivity index (χ2n) is 5.22. The molecular weight excluding hydrogens is 304 g/mol. The number of carboxylic acids is 1. The molecular formula is C15H24N2O6. The number of esters is 1. The minimum Gasteiger partial charge on any atom is -0.501 e. The van der Waals surface area contributed by atoms with Crippen LogP contribution in [-0.4, -0.2) is 47.1 Å². The third-order valence-corrected chi connectivity index (χ3v) is 2.83.